The first-order valence-electron chi connectivity index (χ1n) is 6.44. The average molecular weight is 226 g/mol. The molecule has 0 spiro atoms. The number of fused-ring (bicyclic) bond motifs is 2. The van der Waals surface area contributed by atoms with Gasteiger partial charge in [-0.25, -0.2) is 0 Å². The van der Waals surface area contributed by atoms with E-state index < -0.39 is 0 Å². The Bertz CT molecular complexity index is 458. The molecule has 3 atom stereocenters. The van der Waals surface area contributed by atoms with Crippen LogP contribution in [0.15, 0.2) is 48.6 Å². The maximum Gasteiger partial charge on any atom is 0.0648 e. The van der Waals surface area contributed by atoms with E-state index in [1.165, 1.54) is 11.1 Å². The third-order valence-corrected chi connectivity index (χ3v) is 4.04. The van der Waals surface area contributed by atoms with Gasteiger partial charge in [-0.3, -0.25) is 0 Å². The Morgan fingerprint density at radius 1 is 1.00 bits per heavy atom. The predicted molar refractivity (Wildman–Crippen MR) is 69.7 cm³/mol. The van der Waals surface area contributed by atoms with Gasteiger partial charge in [0.1, 0.15) is 0 Å². The fourth-order valence-corrected chi connectivity index (χ4v) is 3.06. The molecule has 1 aromatic rings. The lowest BCUT2D eigenvalue weighted by molar-refractivity contribution is 0.104. The van der Waals surface area contributed by atoms with Crippen LogP contribution in [0.1, 0.15) is 17.5 Å². The van der Waals surface area contributed by atoms with Crippen molar-refractivity contribution in [3.8, 4) is 0 Å². The van der Waals surface area contributed by atoms with Crippen molar-refractivity contribution >= 4 is 0 Å². The Labute approximate surface area is 102 Å². The van der Waals surface area contributed by atoms with Crippen molar-refractivity contribution in [2.75, 3.05) is 0 Å². The van der Waals surface area contributed by atoms with Crippen LogP contribution in [-0.2, 0) is 12.8 Å². The fraction of sp³-hybridized carbons (Fsp3) is 0.375. The highest BCUT2D eigenvalue weighted by Gasteiger charge is 2.28. The Morgan fingerprint density at radius 2 is 1.76 bits per heavy atom. The first kappa shape index (κ1) is 10.8. The van der Waals surface area contributed by atoms with E-state index in [1.54, 1.807) is 0 Å². The number of hydrogen-bond acceptors (Lipinski definition) is 1. The van der Waals surface area contributed by atoms with Crippen molar-refractivity contribution in [1.29, 1.82) is 0 Å². The van der Waals surface area contributed by atoms with Gasteiger partial charge in [-0.1, -0.05) is 48.6 Å². The van der Waals surface area contributed by atoms with E-state index in [2.05, 4.69) is 48.6 Å². The van der Waals surface area contributed by atoms with Gasteiger partial charge in [-0.15, -0.1) is 0 Å². The molecule has 1 nitrogen and oxygen atoms in total. The molecule has 2 aliphatic carbocycles. The Balaban J connectivity index is 1.93. The molecule has 0 fully saturated rings. The molecule has 88 valence electrons. The third-order valence-electron chi connectivity index (χ3n) is 4.04. The van der Waals surface area contributed by atoms with Gasteiger partial charge in [0, 0.05) is 5.92 Å². The summed E-state index contributed by atoms with van der Waals surface area (Å²) in [5.41, 5.74) is 2.73. The Kier molecular flexibility index (Phi) is 2.86. The van der Waals surface area contributed by atoms with Crippen molar-refractivity contribution in [3.63, 3.8) is 0 Å². The van der Waals surface area contributed by atoms with Gasteiger partial charge in [0.15, 0.2) is 0 Å². The molecule has 0 aliphatic heterocycles. The first-order valence-corrected chi connectivity index (χ1v) is 6.44. The summed E-state index contributed by atoms with van der Waals surface area (Å²) < 4.78 is 0. The van der Waals surface area contributed by atoms with Crippen LogP contribution in [0.25, 0.3) is 0 Å². The molecule has 17 heavy (non-hydrogen) atoms. The van der Waals surface area contributed by atoms with Crippen molar-refractivity contribution < 1.29 is 5.11 Å². The van der Waals surface area contributed by atoms with Gasteiger partial charge in [0.05, 0.1) is 6.10 Å². The second-order valence-corrected chi connectivity index (χ2v) is 5.09. The Hall–Kier alpha value is -1.34. The number of allylic oxidation sites excluding steroid dienone is 3. The molecule has 0 aromatic heterocycles. The summed E-state index contributed by atoms with van der Waals surface area (Å²) in [5.74, 6) is 0.803. The van der Waals surface area contributed by atoms with Crippen LogP contribution in [0.4, 0.5) is 0 Å². The zero-order valence-electron chi connectivity index (χ0n) is 9.92. The minimum absolute atomic E-state index is 0.248. The van der Waals surface area contributed by atoms with Gasteiger partial charge in [-0.05, 0) is 36.3 Å². The van der Waals surface area contributed by atoms with Crippen LogP contribution in [-0.4, -0.2) is 11.2 Å². The smallest absolute Gasteiger partial charge is 0.0648 e. The molecule has 0 saturated heterocycles. The predicted octanol–water partition coefficient (Wildman–Crippen LogP) is 2.89. The second-order valence-electron chi connectivity index (χ2n) is 5.09. The van der Waals surface area contributed by atoms with Gasteiger partial charge < -0.3 is 5.11 Å². The minimum atomic E-state index is -0.248. The second kappa shape index (κ2) is 4.50. The maximum absolute atomic E-state index is 10.4. The molecule has 1 N–H and O–H groups in total. The highest BCUT2D eigenvalue weighted by atomic mass is 16.3. The third kappa shape index (κ3) is 2.07. The molecular formula is C16H18O. The summed E-state index contributed by atoms with van der Waals surface area (Å²) in [6.45, 7) is 0. The highest BCUT2D eigenvalue weighted by molar-refractivity contribution is 5.30. The number of aliphatic hydroxyl groups excluding tert-OH is 1. The molecule has 0 bridgehead atoms. The monoisotopic (exact) mass is 226 g/mol. The lowest BCUT2D eigenvalue weighted by Crippen LogP contribution is -2.30. The van der Waals surface area contributed by atoms with Crippen molar-refractivity contribution in [2.24, 2.45) is 11.8 Å². The van der Waals surface area contributed by atoms with E-state index in [9.17, 15) is 5.11 Å². The quantitative estimate of drug-likeness (QED) is 0.721. The van der Waals surface area contributed by atoms with Crippen molar-refractivity contribution in [2.45, 2.75) is 25.4 Å². The van der Waals surface area contributed by atoms with Crippen molar-refractivity contribution in [3.05, 3.63) is 59.7 Å². The minimum Gasteiger partial charge on any atom is -0.392 e. The van der Waals surface area contributed by atoms with Gasteiger partial charge in [-0.2, -0.15) is 0 Å². The topological polar surface area (TPSA) is 20.2 Å². The van der Waals surface area contributed by atoms with Crippen LogP contribution in [0, 0.1) is 11.8 Å². The number of aliphatic hydroxyl groups is 1. The lowest BCUT2D eigenvalue weighted by atomic mass is 9.76. The average Bonchev–Trinajstić information content (AvgIpc) is 2.36. The standard InChI is InChI=1S/C16H18O/c17-16-11-14-7-2-1-5-12(14)9-10-13-6-3-4-8-15(13)16/h1-8,13,15-17H,9-11H2. The zero-order chi connectivity index (χ0) is 11.7. The largest absolute Gasteiger partial charge is 0.392 e. The van der Waals surface area contributed by atoms with E-state index in [4.69, 9.17) is 0 Å². The van der Waals surface area contributed by atoms with E-state index >= 15 is 0 Å². The molecule has 1 heteroatoms. The highest BCUT2D eigenvalue weighted by Crippen LogP contribution is 2.32. The summed E-state index contributed by atoms with van der Waals surface area (Å²) in [5, 5.41) is 10.4. The fourth-order valence-electron chi connectivity index (χ4n) is 3.06. The van der Waals surface area contributed by atoms with Crippen LogP contribution in [0.5, 0.6) is 0 Å². The molecule has 2 aliphatic rings. The van der Waals surface area contributed by atoms with Crippen LogP contribution < -0.4 is 0 Å². The summed E-state index contributed by atoms with van der Waals surface area (Å²) >= 11 is 0. The molecule has 3 unspecified atom stereocenters. The molecule has 0 saturated carbocycles. The maximum atomic E-state index is 10.4. The van der Waals surface area contributed by atoms with Gasteiger partial charge in [0.25, 0.3) is 0 Å². The summed E-state index contributed by atoms with van der Waals surface area (Å²) in [6, 6.07) is 8.52. The zero-order valence-corrected chi connectivity index (χ0v) is 9.92. The first-order chi connectivity index (χ1) is 8.34. The number of aryl methyl sites for hydroxylation is 1. The molecule has 3 rings (SSSR count). The molecule has 0 heterocycles. The lowest BCUT2D eigenvalue weighted by Gasteiger charge is -2.31. The molecule has 1 aromatic carbocycles. The summed E-state index contributed by atoms with van der Waals surface area (Å²) in [7, 11) is 0. The summed E-state index contributed by atoms with van der Waals surface area (Å²) in [4.78, 5) is 0. The van der Waals surface area contributed by atoms with E-state index in [0.29, 0.717) is 11.8 Å². The van der Waals surface area contributed by atoms with Gasteiger partial charge in [0.2, 0.25) is 0 Å². The summed E-state index contributed by atoms with van der Waals surface area (Å²) in [6.07, 6.45) is 11.4. The van der Waals surface area contributed by atoms with Crippen LogP contribution in [0.2, 0.25) is 0 Å². The number of benzene rings is 1. The van der Waals surface area contributed by atoms with E-state index in [1.807, 2.05) is 0 Å². The normalized spacial score (nSPS) is 31.2. The molecular weight excluding hydrogens is 208 g/mol. The number of rotatable bonds is 0. The number of hydrogen-bond donors (Lipinski definition) is 1. The molecule has 0 radical (unpaired) electrons. The van der Waals surface area contributed by atoms with E-state index in [0.717, 1.165) is 19.3 Å². The van der Waals surface area contributed by atoms with Gasteiger partial charge >= 0.3 is 0 Å². The van der Waals surface area contributed by atoms with Crippen LogP contribution in [0.3, 0.4) is 0 Å². The Morgan fingerprint density at radius 3 is 2.65 bits per heavy atom. The van der Waals surface area contributed by atoms with E-state index in [-0.39, 0.29) is 6.10 Å². The van der Waals surface area contributed by atoms with Crippen molar-refractivity contribution in [1.82, 2.24) is 0 Å². The van der Waals surface area contributed by atoms with Crippen LogP contribution >= 0.6 is 0 Å². The SMILES string of the molecule is OC1Cc2ccccc2CCC2C=CC=CC12. The molecule has 0 amide bonds.